The first-order valence-corrected chi connectivity index (χ1v) is 12.6. The Morgan fingerprint density at radius 3 is 2.50 bits per heavy atom. The number of phenolic OH excluding ortho intramolecular Hbond substituents is 1. The number of carbonyl (C=O) groups is 1. The second-order valence-corrected chi connectivity index (χ2v) is 9.38. The SMILES string of the molecule is O=C(c1c(O)cc(C(F)F)cc1OCc1ccccc1)N1Cc2ccc(OCCN3CCOCC3)cc2C1. The van der Waals surface area contributed by atoms with Crippen molar-refractivity contribution < 1.29 is 32.9 Å². The number of phenols is 1. The number of aromatic hydroxyl groups is 1. The molecule has 1 saturated heterocycles. The highest BCUT2D eigenvalue weighted by Crippen LogP contribution is 2.37. The molecular weight excluding hydrogens is 494 g/mol. The summed E-state index contributed by atoms with van der Waals surface area (Å²) < 4.78 is 44.0. The molecule has 2 aliphatic heterocycles. The number of fused-ring (bicyclic) bond motifs is 1. The molecule has 3 aromatic rings. The van der Waals surface area contributed by atoms with Gasteiger partial charge in [-0.2, -0.15) is 0 Å². The normalized spacial score (nSPS) is 15.5. The molecule has 0 radical (unpaired) electrons. The number of alkyl halides is 2. The summed E-state index contributed by atoms with van der Waals surface area (Å²) in [4.78, 5) is 17.4. The van der Waals surface area contributed by atoms with Gasteiger partial charge in [-0.3, -0.25) is 9.69 Å². The van der Waals surface area contributed by atoms with E-state index >= 15 is 0 Å². The Labute approximate surface area is 220 Å². The molecule has 200 valence electrons. The number of carbonyl (C=O) groups excluding carboxylic acids is 1. The van der Waals surface area contributed by atoms with Crippen LogP contribution in [0.1, 0.15) is 39.0 Å². The molecule has 0 atom stereocenters. The minimum Gasteiger partial charge on any atom is -0.507 e. The van der Waals surface area contributed by atoms with Crippen LogP contribution in [0.25, 0.3) is 0 Å². The van der Waals surface area contributed by atoms with Crippen molar-refractivity contribution in [1.82, 2.24) is 9.80 Å². The molecule has 3 aromatic carbocycles. The lowest BCUT2D eigenvalue weighted by molar-refractivity contribution is 0.0322. The summed E-state index contributed by atoms with van der Waals surface area (Å²) in [5.41, 5.74) is 2.18. The van der Waals surface area contributed by atoms with Crippen LogP contribution in [0.2, 0.25) is 0 Å². The van der Waals surface area contributed by atoms with Crippen molar-refractivity contribution in [3.05, 3.63) is 88.5 Å². The van der Waals surface area contributed by atoms with Crippen molar-refractivity contribution in [3.63, 3.8) is 0 Å². The third kappa shape index (κ3) is 6.06. The van der Waals surface area contributed by atoms with Gasteiger partial charge in [-0.15, -0.1) is 0 Å². The standard InChI is InChI=1S/C29H30F2N2O5/c30-28(31)22-15-25(34)27(26(16-22)38-19-20-4-2-1-3-5-20)29(35)33-17-21-6-7-24(14-23(21)18-33)37-13-10-32-8-11-36-12-9-32/h1-7,14-16,28,34H,8-13,17-19H2. The summed E-state index contributed by atoms with van der Waals surface area (Å²) in [5, 5.41) is 10.6. The van der Waals surface area contributed by atoms with E-state index in [0.717, 1.165) is 67.4 Å². The van der Waals surface area contributed by atoms with Crippen molar-refractivity contribution in [1.29, 1.82) is 0 Å². The van der Waals surface area contributed by atoms with Gasteiger partial charge in [0.2, 0.25) is 0 Å². The number of morpholine rings is 1. The monoisotopic (exact) mass is 524 g/mol. The quantitative estimate of drug-likeness (QED) is 0.435. The van der Waals surface area contributed by atoms with Gasteiger partial charge in [0.05, 0.1) is 13.2 Å². The molecule has 2 aliphatic rings. The molecule has 0 aromatic heterocycles. The zero-order chi connectivity index (χ0) is 26.5. The van der Waals surface area contributed by atoms with E-state index in [4.69, 9.17) is 14.2 Å². The molecule has 0 spiro atoms. The van der Waals surface area contributed by atoms with Gasteiger partial charge < -0.3 is 24.2 Å². The number of rotatable bonds is 9. The zero-order valence-electron chi connectivity index (χ0n) is 20.9. The van der Waals surface area contributed by atoms with Crippen LogP contribution in [0.5, 0.6) is 17.2 Å². The zero-order valence-corrected chi connectivity index (χ0v) is 20.9. The molecule has 5 rings (SSSR count). The van der Waals surface area contributed by atoms with Gasteiger partial charge in [0.1, 0.15) is 36.0 Å². The second kappa shape index (κ2) is 11.8. The summed E-state index contributed by atoms with van der Waals surface area (Å²) in [6.45, 7) is 5.33. The van der Waals surface area contributed by atoms with Crippen LogP contribution < -0.4 is 9.47 Å². The molecule has 0 unspecified atom stereocenters. The Kier molecular flexibility index (Phi) is 8.05. The van der Waals surface area contributed by atoms with E-state index in [-0.39, 0.29) is 17.9 Å². The molecule has 7 nitrogen and oxygen atoms in total. The number of hydrogen-bond donors (Lipinski definition) is 1. The van der Waals surface area contributed by atoms with Gasteiger partial charge in [0, 0.05) is 38.3 Å². The number of ether oxygens (including phenoxy) is 3. The fourth-order valence-corrected chi connectivity index (χ4v) is 4.69. The molecule has 0 aliphatic carbocycles. The van der Waals surface area contributed by atoms with Gasteiger partial charge in [-0.25, -0.2) is 8.78 Å². The van der Waals surface area contributed by atoms with E-state index in [1.165, 1.54) is 0 Å². The minimum absolute atomic E-state index is 0.0681. The maximum atomic E-state index is 13.5. The van der Waals surface area contributed by atoms with E-state index in [1.54, 1.807) is 4.90 Å². The van der Waals surface area contributed by atoms with Crippen molar-refractivity contribution in [2.75, 3.05) is 39.5 Å². The number of halogens is 2. The molecule has 0 saturated carbocycles. The second-order valence-electron chi connectivity index (χ2n) is 9.38. The third-order valence-corrected chi connectivity index (χ3v) is 6.77. The Bertz CT molecular complexity index is 1270. The molecule has 1 fully saturated rings. The summed E-state index contributed by atoms with van der Waals surface area (Å²) in [6, 6.07) is 17.0. The van der Waals surface area contributed by atoms with E-state index in [1.807, 2.05) is 48.5 Å². The van der Waals surface area contributed by atoms with Crippen molar-refractivity contribution in [2.24, 2.45) is 0 Å². The highest BCUT2D eigenvalue weighted by Gasteiger charge is 2.30. The first-order chi connectivity index (χ1) is 18.5. The van der Waals surface area contributed by atoms with Gasteiger partial charge in [0.15, 0.2) is 0 Å². The average molecular weight is 525 g/mol. The maximum Gasteiger partial charge on any atom is 0.264 e. The fourth-order valence-electron chi connectivity index (χ4n) is 4.69. The lowest BCUT2D eigenvalue weighted by Crippen LogP contribution is -2.38. The van der Waals surface area contributed by atoms with Crippen LogP contribution in [0, 0.1) is 0 Å². The highest BCUT2D eigenvalue weighted by atomic mass is 19.3. The summed E-state index contributed by atoms with van der Waals surface area (Å²) >= 11 is 0. The van der Waals surface area contributed by atoms with Crippen molar-refractivity contribution in [3.8, 4) is 17.2 Å². The third-order valence-electron chi connectivity index (χ3n) is 6.77. The smallest absolute Gasteiger partial charge is 0.264 e. The largest absolute Gasteiger partial charge is 0.507 e. The first-order valence-electron chi connectivity index (χ1n) is 12.6. The molecular formula is C29H30F2N2O5. The van der Waals surface area contributed by atoms with Crippen LogP contribution in [-0.2, 0) is 24.4 Å². The Morgan fingerprint density at radius 2 is 1.74 bits per heavy atom. The summed E-state index contributed by atoms with van der Waals surface area (Å²) in [7, 11) is 0. The minimum atomic E-state index is -2.82. The van der Waals surface area contributed by atoms with E-state index < -0.39 is 23.6 Å². The van der Waals surface area contributed by atoms with Crippen LogP contribution in [-0.4, -0.2) is 60.3 Å². The Balaban J connectivity index is 1.28. The van der Waals surface area contributed by atoms with Gasteiger partial charge >= 0.3 is 0 Å². The van der Waals surface area contributed by atoms with Crippen LogP contribution in [0.15, 0.2) is 60.7 Å². The molecule has 9 heteroatoms. The fraction of sp³-hybridized carbons (Fsp3) is 0.345. The van der Waals surface area contributed by atoms with Crippen molar-refractivity contribution >= 4 is 5.91 Å². The highest BCUT2D eigenvalue weighted by molar-refractivity contribution is 6.00. The molecule has 2 heterocycles. The summed E-state index contributed by atoms with van der Waals surface area (Å²) in [6.07, 6.45) is -2.82. The van der Waals surface area contributed by atoms with Gasteiger partial charge in [-0.05, 0) is 41.0 Å². The number of hydrogen-bond acceptors (Lipinski definition) is 6. The topological polar surface area (TPSA) is 71.5 Å². The number of nitrogens with zero attached hydrogens (tertiary/aromatic N) is 2. The van der Waals surface area contributed by atoms with Gasteiger partial charge in [0.25, 0.3) is 12.3 Å². The molecule has 1 N–H and O–H groups in total. The first kappa shape index (κ1) is 25.9. The lowest BCUT2D eigenvalue weighted by Gasteiger charge is -2.26. The van der Waals surface area contributed by atoms with E-state index in [2.05, 4.69) is 4.90 Å². The Hall–Kier alpha value is -3.69. The van der Waals surface area contributed by atoms with Crippen LogP contribution in [0.3, 0.4) is 0 Å². The predicted octanol–water partition coefficient (Wildman–Crippen LogP) is 4.78. The number of benzene rings is 3. The lowest BCUT2D eigenvalue weighted by atomic mass is 10.1. The molecule has 1 amide bonds. The number of amides is 1. The van der Waals surface area contributed by atoms with E-state index in [0.29, 0.717) is 19.7 Å². The van der Waals surface area contributed by atoms with Crippen LogP contribution in [0.4, 0.5) is 8.78 Å². The Morgan fingerprint density at radius 1 is 0.974 bits per heavy atom. The maximum absolute atomic E-state index is 13.5. The molecule has 38 heavy (non-hydrogen) atoms. The summed E-state index contributed by atoms with van der Waals surface area (Å²) in [5.74, 6) is -0.365. The van der Waals surface area contributed by atoms with Crippen LogP contribution >= 0.6 is 0 Å². The average Bonchev–Trinajstić information content (AvgIpc) is 3.36. The predicted molar refractivity (Wildman–Crippen MR) is 137 cm³/mol. The van der Waals surface area contributed by atoms with Gasteiger partial charge in [-0.1, -0.05) is 36.4 Å². The van der Waals surface area contributed by atoms with E-state index in [9.17, 15) is 18.7 Å². The molecule has 0 bridgehead atoms. The van der Waals surface area contributed by atoms with Crippen molar-refractivity contribution in [2.45, 2.75) is 26.1 Å².